The summed E-state index contributed by atoms with van der Waals surface area (Å²) in [6.45, 7) is 4.55. The first kappa shape index (κ1) is 32.6. The van der Waals surface area contributed by atoms with Crippen LogP contribution in [0.15, 0.2) is 84.9 Å². The Bertz CT molecular complexity index is 1800. The standard InChI is InChI=1S/C34H36FN3O7S/c1-34(2,15-17-36-33(40)45-23-25-11-7-4-8-12-25)16-18-43-27-14-13-26-19-29(44-22-24-9-5-3-6-10-24)32(31(35)28(26)20-27)38-21-30(39)37-46(38,41)42/h3-14,19-20H,15-18,21-23H2,1-2H3,(H,36,40)(H,37,39). The zero-order valence-corrected chi connectivity index (χ0v) is 26.4. The molecule has 0 saturated carbocycles. The predicted octanol–water partition coefficient (Wildman–Crippen LogP) is 5.85. The van der Waals surface area contributed by atoms with Crippen molar-refractivity contribution in [3.8, 4) is 11.5 Å². The molecule has 2 N–H and O–H groups in total. The number of ether oxygens (including phenoxy) is 3. The summed E-state index contributed by atoms with van der Waals surface area (Å²) in [5.74, 6) is -1.24. The molecule has 0 atom stereocenters. The number of hydrogen-bond donors (Lipinski definition) is 2. The molecule has 0 spiro atoms. The molecule has 5 rings (SSSR count). The maximum atomic E-state index is 16.2. The topological polar surface area (TPSA) is 123 Å². The van der Waals surface area contributed by atoms with Crippen molar-refractivity contribution >= 4 is 38.7 Å². The van der Waals surface area contributed by atoms with Gasteiger partial charge >= 0.3 is 16.3 Å². The first-order valence-corrected chi connectivity index (χ1v) is 16.3. The van der Waals surface area contributed by atoms with Crippen LogP contribution >= 0.6 is 0 Å². The Morgan fingerprint density at radius 2 is 1.61 bits per heavy atom. The molecular weight excluding hydrogens is 613 g/mol. The van der Waals surface area contributed by atoms with E-state index in [1.807, 2.05) is 65.4 Å². The summed E-state index contributed by atoms with van der Waals surface area (Å²) in [7, 11) is -4.31. The van der Waals surface area contributed by atoms with Crippen LogP contribution in [0.25, 0.3) is 10.8 Å². The Kier molecular flexibility index (Phi) is 9.96. The highest BCUT2D eigenvalue weighted by molar-refractivity contribution is 7.92. The minimum atomic E-state index is -4.31. The molecule has 0 radical (unpaired) electrons. The molecule has 1 fully saturated rings. The average molecular weight is 650 g/mol. The van der Waals surface area contributed by atoms with Crippen molar-refractivity contribution in [3.05, 3.63) is 102 Å². The van der Waals surface area contributed by atoms with Gasteiger partial charge in [-0.2, -0.15) is 8.42 Å². The normalized spacial score (nSPS) is 14.2. The molecule has 1 aliphatic heterocycles. The number of nitrogens with zero attached hydrogens (tertiary/aromatic N) is 1. The summed E-state index contributed by atoms with van der Waals surface area (Å²) in [6.07, 6.45) is 0.838. The fourth-order valence-corrected chi connectivity index (χ4v) is 6.12. The number of anilines is 1. The van der Waals surface area contributed by atoms with Crippen LogP contribution < -0.4 is 23.8 Å². The number of hydrogen-bond acceptors (Lipinski definition) is 7. The van der Waals surface area contributed by atoms with Crippen LogP contribution in [0.1, 0.15) is 37.8 Å². The summed E-state index contributed by atoms with van der Waals surface area (Å²) >= 11 is 0. The highest BCUT2D eigenvalue weighted by Gasteiger charge is 2.38. The van der Waals surface area contributed by atoms with E-state index in [0.717, 1.165) is 11.1 Å². The fourth-order valence-electron chi connectivity index (χ4n) is 4.96. The predicted molar refractivity (Wildman–Crippen MR) is 172 cm³/mol. The van der Waals surface area contributed by atoms with Gasteiger partial charge in [0, 0.05) is 11.9 Å². The summed E-state index contributed by atoms with van der Waals surface area (Å²) in [6, 6.07) is 25.0. The molecule has 4 aromatic carbocycles. The van der Waals surface area contributed by atoms with Gasteiger partial charge in [-0.25, -0.2) is 18.2 Å². The molecule has 0 aliphatic carbocycles. The minimum Gasteiger partial charge on any atom is -0.494 e. The van der Waals surface area contributed by atoms with Crippen molar-refractivity contribution in [3.63, 3.8) is 0 Å². The molecule has 12 heteroatoms. The fraction of sp³-hybridized carbons (Fsp3) is 0.294. The van der Waals surface area contributed by atoms with Crippen LogP contribution in [-0.2, 0) is 33.0 Å². The van der Waals surface area contributed by atoms with E-state index in [9.17, 15) is 18.0 Å². The second-order valence-electron chi connectivity index (χ2n) is 11.7. The maximum Gasteiger partial charge on any atom is 0.407 e. The number of carbonyl (C=O) groups is 2. The van der Waals surface area contributed by atoms with Gasteiger partial charge in [0.25, 0.3) is 5.91 Å². The van der Waals surface area contributed by atoms with Crippen LogP contribution in [0, 0.1) is 11.2 Å². The number of nitrogens with one attached hydrogen (secondary N) is 2. The molecule has 1 aliphatic rings. The van der Waals surface area contributed by atoms with Crippen LogP contribution in [0.4, 0.5) is 14.9 Å². The Balaban J connectivity index is 1.23. The van der Waals surface area contributed by atoms with Gasteiger partial charge in [0.15, 0.2) is 5.82 Å². The Hall–Kier alpha value is -4.84. The third-order valence-corrected chi connectivity index (χ3v) is 9.00. The van der Waals surface area contributed by atoms with Gasteiger partial charge in [-0.15, -0.1) is 0 Å². The second-order valence-corrected chi connectivity index (χ2v) is 13.3. The lowest BCUT2D eigenvalue weighted by Crippen LogP contribution is -2.30. The lowest BCUT2D eigenvalue weighted by Gasteiger charge is -2.25. The van der Waals surface area contributed by atoms with Crippen molar-refractivity contribution in [1.29, 1.82) is 0 Å². The number of carbonyl (C=O) groups excluding carboxylic acids is 2. The van der Waals surface area contributed by atoms with E-state index in [0.29, 0.717) is 41.4 Å². The molecule has 2 amide bonds. The van der Waals surface area contributed by atoms with Crippen molar-refractivity contribution < 1.29 is 36.6 Å². The SMILES string of the molecule is CC(C)(CCNC(=O)OCc1ccccc1)CCOc1ccc2cc(OCc3ccccc3)c(N3CC(=O)NS3(=O)=O)c(F)c2c1. The van der Waals surface area contributed by atoms with E-state index in [1.54, 1.807) is 18.2 Å². The van der Waals surface area contributed by atoms with Gasteiger partial charge in [-0.1, -0.05) is 80.6 Å². The molecule has 0 bridgehead atoms. The van der Waals surface area contributed by atoms with Crippen LogP contribution in [0.2, 0.25) is 0 Å². The second kappa shape index (κ2) is 14.1. The average Bonchev–Trinajstić information content (AvgIpc) is 3.30. The maximum absolute atomic E-state index is 16.2. The summed E-state index contributed by atoms with van der Waals surface area (Å²) in [5, 5.41) is 3.36. The smallest absolute Gasteiger partial charge is 0.407 e. The number of amides is 2. The van der Waals surface area contributed by atoms with Crippen molar-refractivity contribution in [2.24, 2.45) is 5.41 Å². The van der Waals surface area contributed by atoms with Gasteiger partial charge in [0.1, 0.15) is 36.9 Å². The van der Waals surface area contributed by atoms with Gasteiger partial charge in [-0.3, -0.25) is 4.79 Å². The minimum absolute atomic E-state index is 0.0121. The molecular formula is C34H36FN3O7S. The quantitative estimate of drug-likeness (QED) is 0.186. The van der Waals surface area contributed by atoms with E-state index in [2.05, 4.69) is 19.2 Å². The zero-order valence-electron chi connectivity index (χ0n) is 25.6. The van der Waals surface area contributed by atoms with Gasteiger partial charge in [0.2, 0.25) is 0 Å². The Labute approximate surface area is 267 Å². The number of alkyl carbamates (subject to hydrolysis) is 1. The number of rotatable bonds is 13. The van der Waals surface area contributed by atoms with E-state index < -0.39 is 34.6 Å². The largest absolute Gasteiger partial charge is 0.494 e. The highest BCUT2D eigenvalue weighted by Crippen LogP contribution is 2.40. The summed E-state index contributed by atoms with van der Waals surface area (Å²) in [5.41, 5.74) is 1.18. The third kappa shape index (κ3) is 8.25. The van der Waals surface area contributed by atoms with Crippen molar-refractivity contribution in [2.75, 3.05) is 24.0 Å². The van der Waals surface area contributed by atoms with Crippen molar-refractivity contribution in [1.82, 2.24) is 10.0 Å². The highest BCUT2D eigenvalue weighted by atomic mass is 32.2. The third-order valence-electron chi connectivity index (χ3n) is 7.63. The molecule has 242 valence electrons. The van der Waals surface area contributed by atoms with Crippen LogP contribution in [-0.4, -0.2) is 40.1 Å². The molecule has 4 aromatic rings. The van der Waals surface area contributed by atoms with E-state index in [-0.39, 0.29) is 35.5 Å². The molecule has 1 saturated heterocycles. The van der Waals surface area contributed by atoms with Gasteiger partial charge < -0.3 is 19.5 Å². The molecule has 46 heavy (non-hydrogen) atoms. The van der Waals surface area contributed by atoms with E-state index in [1.165, 1.54) is 6.07 Å². The molecule has 0 aromatic heterocycles. The van der Waals surface area contributed by atoms with Crippen LogP contribution in [0.3, 0.4) is 0 Å². The number of fused-ring (bicyclic) bond motifs is 1. The molecule has 0 unspecified atom stereocenters. The van der Waals surface area contributed by atoms with Crippen LogP contribution in [0.5, 0.6) is 11.5 Å². The molecule has 1 heterocycles. The summed E-state index contributed by atoms with van der Waals surface area (Å²) in [4.78, 5) is 24.1. The van der Waals surface area contributed by atoms with E-state index in [4.69, 9.17) is 14.2 Å². The van der Waals surface area contributed by atoms with Gasteiger partial charge in [-0.05, 0) is 53.0 Å². The van der Waals surface area contributed by atoms with Gasteiger partial charge in [0.05, 0.1) is 6.61 Å². The number of benzene rings is 4. The first-order chi connectivity index (χ1) is 22.0. The van der Waals surface area contributed by atoms with E-state index >= 15 is 4.39 Å². The monoisotopic (exact) mass is 649 g/mol. The Morgan fingerprint density at radius 1 is 0.935 bits per heavy atom. The first-order valence-electron chi connectivity index (χ1n) is 14.8. The Morgan fingerprint density at radius 3 is 2.26 bits per heavy atom. The van der Waals surface area contributed by atoms with Crippen molar-refractivity contribution in [2.45, 2.75) is 39.9 Å². The molecule has 10 nitrogen and oxygen atoms in total. The lowest BCUT2D eigenvalue weighted by atomic mass is 9.86. The zero-order chi connectivity index (χ0) is 32.7. The number of halogens is 1. The lowest BCUT2D eigenvalue weighted by molar-refractivity contribution is -0.117. The summed E-state index contributed by atoms with van der Waals surface area (Å²) < 4.78 is 61.3.